The molecule has 18 heteroatoms. The average Bonchev–Trinajstić information content (AvgIpc) is 3.67. The molecule has 1 N–H and O–H groups in total. The van der Waals surface area contributed by atoms with E-state index in [0.717, 1.165) is 6.20 Å². The molecular formula is C42H36ClF2N9O4S2. The van der Waals surface area contributed by atoms with E-state index in [0.29, 0.717) is 76.0 Å². The molecule has 1 aliphatic heterocycles. The van der Waals surface area contributed by atoms with Gasteiger partial charge in [0.05, 0.1) is 39.4 Å². The summed E-state index contributed by atoms with van der Waals surface area (Å²) < 4.78 is 57.0. The molecule has 0 bridgehead atoms. The van der Waals surface area contributed by atoms with E-state index in [-0.39, 0.29) is 58.4 Å². The number of aromatic nitrogens is 5. The number of fused-ring (bicyclic) bond motifs is 2. The number of hydrogen-bond donors (Lipinski definition) is 1. The number of sulfonamides is 1. The SMILES string of the molecule is CCN(c1ncc2nc(C)n(CC#Cc3ccc(Cl)cc3-c3ccnc4c(C(=O)NS(=O)(=O)c5cccnc5)csc34)c(=O)c2c1C#N)C1CCN(C2CC(F)(F)C2)CC1. The standard InChI is InChI=1S/C42H36ClF2N9O4S2/c1-3-53(28-11-16-52(17-12-28)29-19-42(44,45)20-29)39-33(21-46)36-35(23-49-39)50-25(2)54(41(36)56)15-5-6-26-8-9-27(43)18-32(26)31-10-14-48-37-34(24-59-38(31)37)40(55)51-60(57,58)30-7-4-13-47-22-30/h4,7-10,13-14,18,22-24,28-29H,3,11-12,15-17,19-20H2,1-2H3,(H,51,55). The summed E-state index contributed by atoms with van der Waals surface area (Å²) in [5, 5.41) is 12.6. The fourth-order valence-electron chi connectivity index (χ4n) is 7.96. The quantitative estimate of drug-likeness (QED) is 0.157. The molecule has 6 heterocycles. The number of benzene rings is 1. The number of alkyl halides is 2. The molecule has 0 unspecified atom stereocenters. The molecule has 5 aromatic heterocycles. The highest BCUT2D eigenvalue weighted by Crippen LogP contribution is 2.42. The molecule has 0 spiro atoms. The van der Waals surface area contributed by atoms with E-state index >= 15 is 0 Å². The van der Waals surface area contributed by atoms with Crippen LogP contribution in [-0.4, -0.2) is 81.4 Å². The molecule has 1 aromatic carbocycles. The smallest absolute Gasteiger partial charge is 0.268 e. The van der Waals surface area contributed by atoms with Crippen LogP contribution in [0, 0.1) is 30.1 Å². The molecule has 60 heavy (non-hydrogen) atoms. The maximum absolute atomic E-state index is 14.2. The van der Waals surface area contributed by atoms with Gasteiger partial charge in [-0.25, -0.2) is 31.9 Å². The van der Waals surface area contributed by atoms with Crippen molar-refractivity contribution in [3.05, 3.63) is 104 Å². The number of thiophene rings is 1. The Hall–Kier alpha value is -5.85. The number of carbonyl (C=O) groups is 1. The van der Waals surface area contributed by atoms with Crippen LogP contribution >= 0.6 is 22.9 Å². The van der Waals surface area contributed by atoms with E-state index in [1.165, 1.54) is 52.0 Å². The second kappa shape index (κ2) is 16.3. The van der Waals surface area contributed by atoms with Gasteiger partial charge in [0.25, 0.3) is 27.4 Å². The first-order valence-corrected chi connectivity index (χ1v) is 21.8. The highest BCUT2D eigenvalue weighted by atomic mass is 35.5. The Kier molecular flexibility index (Phi) is 11.1. The van der Waals surface area contributed by atoms with E-state index in [1.54, 1.807) is 31.2 Å². The molecule has 6 aromatic rings. The van der Waals surface area contributed by atoms with Crippen LogP contribution in [0.5, 0.6) is 0 Å². The molecule has 306 valence electrons. The Morgan fingerprint density at radius 1 is 1.12 bits per heavy atom. The first-order chi connectivity index (χ1) is 28.8. The summed E-state index contributed by atoms with van der Waals surface area (Å²) in [5.74, 6) is 3.59. The largest absolute Gasteiger partial charge is 0.353 e. The number of amides is 1. The summed E-state index contributed by atoms with van der Waals surface area (Å²) in [6, 6.07) is 11.8. The van der Waals surface area contributed by atoms with Gasteiger partial charge in [-0.05, 0) is 63.1 Å². The minimum absolute atomic E-state index is 0.0112. The van der Waals surface area contributed by atoms with E-state index < -0.39 is 27.4 Å². The third-order valence-corrected chi connectivity index (χ3v) is 13.6. The second-order valence-electron chi connectivity index (χ2n) is 14.7. The lowest BCUT2D eigenvalue weighted by Gasteiger charge is -2.47. The molecule has 1 aliphatic carbocycles. The van der Waals surface area contributed by atoms with Crippen LogP contribution in [0.25, 0.3) is 32.2 Å². The van der Waals surface area contributed by atoms with Gasteiger partial charge >= 0.3 is 0 Å². The zero-order valence-electron chi connectivity index (χ0n) is 32.3. The fraction of sp³-hybridized carbons (Fsp3) is 0.310. The molecule has 1 amide bonds. The number of rotatable bonds is 9. The maximum Gasteiger partial charge on any atom is 0.268 e. The third kappa shape index (κ3) is 7.81. The van der Waals surface area contributed by atoms with Gasteiger partial charge in [-0.15, -0.1) is 11.3 Å². The minimum atomic E-state index is -4.19. The van der Waals surface area contributed by atoms with Crippen LogP contribution in [0.15, 0.2) is 76.3 Å². The molecule has 2 fully saturated rings. The van der Waals surface area contributed by atoms with Crippen molar-refractivity contribution < 1.29 is 22.0 Å². The maximum atomic E-state index is 14.2. The van der Waals surface area contributed by atoms with Crippen molar-refractivity contribution >= 4 is 65.8 Å². The number of nitriles is 1. The Morgan fingerprint density at radius 2 is 1.90 bits per heavy atom. The van der Waals surface area contributed by atoms with Crippen LogP contribution in [0.4, 0.5) is 14.6 Å². The van der Waals surface area contributed by atoms with Crippen LogP contribution in [0.3, 0.4) is 0 Å². The van der Waals surface area contributed by atoms with Gasteiger partial charge in [0.15, 0.2) is 0 Å². The van der Waals surface area contributed by atoms with Gasteiger partial charge in [0.1, 0.15) is 28.2 Å². The van der Waals surface area contributed by atoms with E-state index in [1.807, 2.05) is 11.8 Å². The molecule has 13 nitrogen and oxygen atoms in total. The zero-order valence-corrected chi connectivity index (χ0v) is 34.7. The van der Waals surface area contributed by atoms with Gasteiger partial charge in [-0.3, -0.25) is 29.0 Å². The number of likely N-dealkylation sites (tertiary alicyclic amines) is 1. The molecule has 8 rings (SSSR count). The highest BCUT2D eigenvalue weighted by Gasteiger charge is 2.48. The first kappa shape index (κ1) is 40.9. The lowest BCUT2D eigenvalue weighted by Crippen LogP contribution is -2.55. The Bertz CT molecular complexity index is 2950. The van der Waals surface area contributed by atoms with Gasteiger partial charge < -0.3 is 4.90 Å². The lowest BCUT2D eigenvalue weighted by molar-refractivity contribution is -0.127. The van der Waals surface area contributed by atoms with Crippen molar-refractivity contribution in [2.24, 2.45) is 0 Å². The van der Waals surface area contributed by atoms with Crippen molar-refractivity contribution in [3.8, 4) is 29.0 Å². The number of nitrogens with one attached hydrogen (secondary N) is 1. The number of carbonyl (C=O) groups excluding carboxylic acids is 1. The number of anilines is 1. The van der Waals surface area contributed by atoms with Crippen LogP contribution in [0.1, 0.15) is 59.9 Å². The number of hydrogen-bond acceptors (Lipinski definition) is 12. The van der Waals surface area contributed by atoms with Crippen molar-refractivity contribution in [2.45, 2.75) is 69.0 Å². The summed E-state index contributed by atoms with van der Waals surface area (Å²) in [6.07, 6.45) is 6.80. The van der Waals surface area contributed by atoms with Gasteiger partial charge in [0.2, 0.25) is 0 Å². The molecule has 0 radical (unpaired) electrons. The average molecular weight is 868 g/mol. The predicted octanol–water partition coefficient (Wildman–Crippen LogP) is 6.56. The first-order valence-electron chi connectivity index (χ1n) is 19.1. The Morgan fingerprint density at radius 3 is 2.60 bits per heavy atom. The molecule has 1 saturated heterocycles. The van der Waals surface area contributed by atoms with Crippen molar-refractivity contribution in [1.82, 2.24) is 34.1 Å². The number of aryl methyl sites for hydroxylation is 1. The molecular weight excluding hydrogens is 832 g/mol. The normalized spacial score (nSPS) is 15.9. The summed E-state index contributed by atoms with van der Waals surface area (Å²) in [4.78, 5) is 49.0. The lowest BCUT2D eigenvalue weighted by atomic mass is 9.85. The zero-order chi connectivity index (χ0) is 42.3. The Balaban J connectivity index is 1.07. The topological polar surface area (TPSA) is 167 Å². The van der Waals surface area contributed by atoms with Gasteiger partial charge in [-0.2, -0.15) is 5.26 Å². The fourth-order valence-corrected chi connectivity index (χ4v) is 10.1. The predicted molar refractivity (Wildman–Crippen MR) is 225 cm³/mol. The van der Waals surface area contributed by atoms with Crippen molar-refractivity contribution in [1.29, 1.82) is 5.26 Å². The highest BCUT2D eigenvalue weighted by molar-refractivity contribution is 7.90. The number of piperidine rings is 1. The third-order valence-electron chi connectivity index (χ3n) is 11.0. The monoisotopic (exact) mass is 867 g/mol. The van der Waals surface area contributed by atoms with Gasteiger partial charge in [-0.1, -0.05) is 23.4 Å². The van der Waals surface area contributed by atoms with E-state index in [9.17, 15) is 32.0 Å². The summed E-state index contributed by atoms with van der Waals surface area (Å²) >= 11 is 7.69. The van der Waals surface area contributed by atoms with Crippen LogP contribution in [0.2, 0.25) is 5.02 Å². The summed E-state index contributed by atoms with van der Waals surface area (Å²) in [6.45, 7) is 5.43. The summed E-state index contributed by atoms with van der Waals surface area (Å²) in [7, 11) is -4.19. The molecule has 2 aliphatic rings. The van der Waals surface area contributed by atoms with E-state index in [2.05, 4.69) is 47.5 Å². The van der Waals surface area contributed by atoms with Crippen LogP contribution < -0.4 is 15.2 Å². The van der Waals surface area contributed by atoms with E-state index in [4.69, 9.17) is 11.6 Å². The Labute approximate surface area is 352 Å². The second-order valence-corrected chi connectivity index (χ2v) is 17.6. The number of pyridine rings is 3. The van der Waals surface area contributed by atoms with Gasteiger partial charge in [0, 0.05) is 90.2 Å². The van der Waals surface area contributed by atoms with Crippen molar-refractivity contribution in [2.75, 3.05) is 24.5 Å². The minimum Gasteiger partial charge on any atom is -0.353 e. The number of nitrogens with zero attached hydrogens (tertiary/aromatic N) is 8. The molecule has 0 atom stereocenters. The number of halogens is 3. The summed E-state index contributed by atoms with van der Waals surface area (Å²) in [5.41, 5.74) is 2.16. The van der Waals surface area contributed by atoms with Crippen LogP contribution in [-0.2, 0) is 16.6 Å². The van der Waals surface area contributed by atoms with Crippen molar-refractivity contribution in [3.63, 3.8) is 0 Å². The molecule has 1 saturated carbocycles.